The lowest BCUT2D eigenvalue weighted by Gasteiger charge is -2.25. The molecule has 0 fully saturated rings. The van der Waals surface area contributed by atoms with E-state index >= 15 is 0 Å². The summed E-state index contributed by atoms with van der Waals surface area (Å²) < 4.78 is 37.2. The van der Waals surface area contributed by atoms with Crippen molar-refractivity contribution in [3.8, 4) is 11.5 Å². The fraction of sp³-hybridized carbons (Fsp3) is 0.480. The van der Waals surface area contributed by atoms with Crippen LogP contribution in [0, 0.1) is 0 Å². The summed E-state index contributed by atoms with van der Waals surface area (Å²) >= 11 is 0. The highest BCUT2D eigenvalue weighted by Gasteiger charge is 2.21. The average molecular weight is 475 g/mol. The van der Waals surface area contributed by atoms with E-state index in [1.165, 1.54) is 9.87 Å². The van der Waals surface area contributed by atoms with Gasteiger partial charge in [-0.15, -0.1) is 0 Å². The molecular weight excluding hydrogens is 440 g/mol. The number of anilines is 1. The van der Waals surface area contributed by atoms with Gasteiger partial charge in [0.25, 0.3) is 0 Å². The molecule has 8 heteroatoms. The minimum atomic E-state index is -3.52. The Labute approximate surface area is 197 Å². The molecule has 0 saturated heterocycles. The molecule has 1 aliphatic rings. The van der Waals surface area contributed by atoms with Gasteiger partial charge in [0, 0.05) is 19.0 Å². The normalized spacial score (nSPS) is 14.5. The molecular formula is C25H34N2O5S. The van der Waals surface area contributed by atoms with Crippen molar-refractivity contribution in [1.82, 2.24) is 5.32 Å². The summed E-state index contributed by atoms with van der Waals surface area (Å²) in [7, 11) is -3.52. The van der Waals surface area contributed by atoms with Gasteiger partial charge in [-0.3, -0.25) is 9.10 Å². The molecule has 2 aromatic rings. The van der Waals surface area contributed by atoms with Crippen LogP contribution in [0.15, 0.2) is 42.5 Å². The van der Waals surface area contributed by atoms with Crippen LogP contribution in [0.25, 0.3) is 0 Å². The predicted octanol–water partition coefficient (Wildman–Crippen LogP) is 4.18. The molecule has 33 heavy (non-hydrogen) atoms. The van der Waals surface area contributed by atoms with Gasteiger partial charge in [-0.05, 0) is 42.0 Å². The second kappa shape index (κ2) is 10.0. The number of hydrogen-bond donors (Lipinski definition) is 1. The number of ether oxygens (including phenoxy) is 2. The minimum Gasteiger partial charge on any atom is -0.486 e. The van der Waals surface area contributed by atoms with Crippen molar-refractivity contribution in [2.24, 2.45) is 0 Å². The fourth-order valence-corrected chi connectivity index (χ4v) is 4.68. The Hall–Kier alpha value is -2.74. The van der Waals surface area contributed by atoms with Gasteiger partial charge in [-0.1, -0.05) is 45.0 Å². The molecule has 1 heterocycles. The van der Waals surface area contributed by atoms with Crippen LogP contribution in [0.3, 0.4) is 0 Å². The van der Waals surface area contributed by atoms with Crippen molar-refractivity contribution < 1.29 is 22.7 Å². The molecule has 1 aliphatic heterocycles. The monoisotopic (exact) mass is 474 g/mol. The Morgan fingerprint density at radius 1 is 1.06 bits per heavy atom. The SMILES string of the molecule is CC(NC(=O)CCCN(c1ccc2c(c1)OCCO2)S(C)(=O)=O)c1ccc(C(C)(C)C)cc1. The van der Waals surface area contributed by atoms with Crippen molar-refractivity contribution in [1.29, 1.82) is 0 Å². The van der Waals surface area contributed by atoms with E-state index in [4.69, 9.17) is 9.47 Å². The molecule has 0 aromatic heterocycles. The number of nitrogens with zero attached hydrogens (tertiary/aromatic N) is 1. The molecule has 1 N–H and O–H groups in total. The number of benzene rings is 2. The second-order valence-electron chi connectivity index (χ2n) is 9.43. The van der Waals surface area contributed by atoms with Gasteiger partial charge in [0.15, 0.2) is 11.5 Å². The number of nitrogens with one attached hydrogen (secondary N) is 1. The van der Waals surface area contributed by atoms with Crippen molar-refractivity contribution in [3.05, 3.63) is 53.6 Å². The molecule has 7 nitrogen and oxygen atoms in total. The highest BCUT2D eigenvalue weighted by molar-refractivity contribution is 7.92. The van der Waals surface area contributed by atoms with Crippen LogP contribution in [0.1, 0.15) is 57.7 Å². The van der Waals surface area contributed by atoms with Crippen molar-refractivity contribution in [2.45, 2.75) is 52.0 Å². The number of carbonyl (C=O) groups excluding carboxylic acids is 1. The van der Waals surface area contributed by atoms with Crippen LogP contribution >= 0.6 is 0 Å². The zero-order valence-electron chi connectivity index (χ0n) is 20.1. The largest absolute Gasteiger partial charge is 0.486 e. The molecule has 3 rings (SSSR count). The third-order valence-corrected chi connectivity index (χ3v) is 6.83. The lowest BCUT2D eigenvalue weighted by atomic mass is 9.86. The summed E-state index contributed by atoms with van der Waals surface area (Å²) in [5, 5.41) is 3.00. The maximum atomic E-state index is 12.5. The zero-order chi connectivity index (χ0) is 24.2. The van der Waals surface area contributed by atoms with Gasteiger partial charge in [-0.25, -0.2) is 8.42 Å². The van der Waals surface area contributed by atoms with Gasteiger partial charge in [0.1, 0.15) is 13.2 Å². The van der Waals surface area contributed by atoms with E-state index in [0.29, 0.717) is 36.8 Å². The first kappa shape index (κ1) is 24.9. The number of rotatable bonds is 8. The minimum absolute atomic E-state index is 0.0771. The Balaban J connectivity index is 1.57. The van der Waals surface area contributed by atoms with E-state index in [0.717, 1.165) is 11.8 Å². The molecule has 0 radical (unpaired) electrons. The van der Waals surface area contributed by atoms with E-state index in [2.05, 4.69) is 38.2 Å². The van der Waals surface area contributed by atoms with Crippen molar-refractivity contribution in [2.75, 3.05) is 30.3 Å². The van der Waals surface area contributed by atoms with Crippen LogP contribution in [-0.4, -0.2) is 40.3 Å². The molecule has 0 aliphatic carbocycles. The molecule has 1 atom stereocenters. The molecule has 180 valence electrons. The summed E-state index contributed by atoms with van der Waals surface area (Å²) in [5.41, 5.74) is 2.85. The van der Waals surface area contributed by atoms with Gasteiger partial charge in [-0.2, -0.15) is 0 Å². The standard InChI is InChI=1S/C25H34N2O5S/c1-18(19-8-10-20(11-9-19)25(2,3)4)26-24(28)7-6-14-27(33(5,29)30)21-12-13-22-23(17-21)32-16-15-31-22/h8-13,17-18H,6-7,14-16H2,1-5H3,(H,26,28). The molecule has 0 spiro atoms. The first-order valence-corrected chi connectivity index (χ1v) is 13.1. The maximum absolute atomic E-state index is 12.5. The Morgan fingerprint density at radius 2 is 1.70 bits per heavy atom. The summed E-state index contributed by atoms with van der Waals surface area (Å²) in [4.78, 5) is 12.5. The summed E-state index contributed by atoms with van der Waals surface area (Å²) in [6.45, 7) is 9.53. The number of hydrogen-bond acceptors (Lipinski definition) is 5. The number of amides is 1. The van der Waals surface area contributed by atoms with Gasteiger partial charge in [0.2, 0.25) is 15.9 Å². The third kappa shape index (κ3) is 6.63. The first-order chi connectivity index (χ1) is 15.4. The van der Waals surface area contributed by atoms with Crippen LogP contribution in [0.4, 0.5) is 5.69 Å². The fourth-order valence-electron chi connectivity index (χ4n) is 3.73. The van der Waals surface area contributed by atoms with Gasteiger partial charge < -0.3 is 14.8 Å². The molecule has 2 aromatic carbocycles. The highest BCUT2D eigenvalue weighted by atomic mass is 32.2. The van der Waals surface area contributed by atoms with Crippen molar-refractivity contribution in [3.63, 3.8) is 0 Å². The molecule has 1 amide bonds. The van der Waals surface area contributed by atoms with E-state index < -0.39 is 10.0 Å². The summed E-state index contributed by atoms with van der Waals surface area (Å²) in [5.74, 6) is 1.01. The third-order valence-electron chi connectivity index (χ3n) is 5.63. The van der Waals surface area contributed by atoms with E-state index in [-0.39, 0.29) is 30.3 Å². The first-order valence-electron chi connectivity index (χ1n) is 11.2. The molecule has 0 bridgehead atoms. The van der Waals surface area contributed by atoms with E-state index in [1.54, 1.807) is 18.2 Å². The smallest absolute Gasteiger partial charge is 0.232 e. The quantitative estimate of drug-likeness (QED) is 0.620. The lowest BCUT2D eigenvalue weighted by Crippen LogP contribution is -2.32. The van der Waals surface area contributed by atoms with Crippen molar-refractivity contribution >= 4 is 21.6 Å². The molecule has 1 unspecified atom stereocenters. The Kier molecular flexibility index (Phi) is 7.57. The Bertz CT molecular complexity index is 1070. The van der Waals surface area contributed by atoms with Crippen LogP contribution < -0.4 is 19.1 Å². The van der Waals surface area contributed by atoms with E-state index in [9.17, 15) is 13.2 Å². The average Bonchev–Trinajstić information content (AvgIpc) is 2.75. The topological polar surface area (TPSA) is 84.9 Å². The Morgan fingerprint density at radius 3 is 2.30 bits per heavy atom. The van der Waals surface area contributed by atoms with Crippen LogP contribution in [-0.2, 0) is 20.2 Å². The van der Waals surface area contributed by atoms with Crippen LogP contribution in [0.5, 0.6) is 11.5 Å². The number of carbonyl (C=O) groups is 1. The van der Waals surface area contributed by atoms with Gasteiger partial charge in [0.05, 0.1) is 18.0 Å². The summed E-state index contributed by atoms with van der Waals surface area (Å²) in [6.07, 6.45) is 1.78. The van der Waals surface area contributed by atoms with Gasteiger partial charge >= 0.3 is 0 Å². The lowest BCUT2D eigenvalue weighted by molar-refractivity contribution is -0.121. The number of fused-ring (bicyclic) bond motifs is 1. The van der Waals surface area contributed by atoms with Crippen LogP contribution in [0.2, 0.25) is 0 Å². The predicted molar refractivity (Wildman–Crippen MR) is 131 cm³/mol. The maximum Gasteiger partial charge on any atom is 0.232 e. The van der Waals surface area contributed by atoms with E-state index in [1.807, 2.05) is 19.1 Å². The molecule has 0 saturated carbocycles. The highest BCUT2D eigenvalue weighted by Crippen LogP contribution is 2.34. The second-order valence-corrected chi connectivity index (χ2v) is 11.3. The number of sulfonamides is 1. The zero-order valence-corrected chi connectivity index (χ0v) is 20.9. The summed E-state index contributed by atoms with van der Waals surface area (Å²) in [6, 6.07) is 13.2.